The van der Waals surface area contributed by atoms with Gasteiger partial charge in [-0.15, -0.1) is 11.8 Å². The molecule has 0 atom stereocenters. The number of halogens is 1. The van der Waals surface area contributed by atoms with Crippen LogP contribution in [0.1, 0.15) is 5.69 Å². The first kappa shape index (κ1) is 12.6. The van der Waals surface area contributed by atoms with Gasteiger partial charge in [0.15, 0.2) is 0 Å². The predicted molar refractivity (Wildman–Crippen MR) is 83.3 cm³/mol. The van der Waals surface area contributed by atoms with Crippen LogP contribution >= 0.6 is 27.7 Å². The molecule has 0 fully saturated rings. The highest BCUT2D eigenvalue weighted by Crippen LogP contribution is 2.30. The Bertz CT molecular complexity index is 691. The molecule has 0 aliphatic rings. The van der Waals surface area contributed by atoms with Crippen LogP contribution in [0.5, 0.6) is 0 Å². The number of rotatable bonds is 3. The zero-order chi connectivity index (χ0) is 13.2. The molecule has 3 rings (SSSR count). The third kappa shape index (κ3) is 2.77. The minimum Gasteiger partial charge on any atom is -0.398 e. The Balaban J connectivity index is 1.78. The molecule has 0 amide bonds. The lowest BCUT2D eigenvalue weighted by Crippen LogP contribution is -1.89. The first-order chi connectivity index (χ1) is 9.22. The van der Waals surface area contributed by atoms with Crippen molar-refractivity contribution in [3.05, 3.63) is 59.0 Å². The van der Waals surface area contributed by atoms with Crippen molar-refractivity contribution in [3.8, 4) is 0 Å². The average Bonchev–Trinajstić information content (AvgIpc) is 2.80. The molecule has 0 aliphatic carbocycles. The molecule has 2 N–H and O–H groups in total. The summed E-state index contributed by atoms with van der Waals surface area (Å²) in [6.07, 6.45) is 4.06. The van der Waals surface area contributed by atoms with Gasteiger partial charge in [0, 0.05) is 33.2 Å². The van der Waals surface area contributed by atoms with E-state index in [9.17, 15) is 0 Å². The van der Waals surface area contributed by atoms with E-state index in [1.54, 1.807) is 11.8 Å². The number of nitrogen functional groups attached to an aromatic ring is 1. The molecule has 0 spiro atoms. The summed E-state index contributed by atoms with van der Waals surface area (Å²) in [5.41, 5.74) is 8.81. The molecule has 0 saturated heterocycles. The van der Waals surface area contributed by atoms with Crippen LogP contribution in [0.2, 0.25) is 0 Å². The number of aromatic nitrogens is 2. The van der Waals surface area contributed by atoms with Crippen LogP contribution in [-0.2, 0) is 5.75 Å². The highest BCUT2D eigenvalue weighted by atomic mass is 79.9. The van der Waals surface area contributed by atoms with Crippen molar-refractivity contribution in [3.63, 3.8) is 0 Å². The van der Waals surface area contributed by atoms with Crippen molar-refractivity contribution in [1.82, 2.24) is 9.38 Å². The Kier molecular flexibility index (Phi) is 3.48. The molecule has 1 aromatic carbocycles. The van der Waals surface area contributed by atoms with Crippen molar-refractivity contribution < 1.29 is 0 Å². The van der Waals surface area contributed by atoms with Crippen LogP contribution in [0.25, 0.3) is 5.65 Å². The van der Waals surface area contributed by atoms with Crippen molar-refractivity contribution in [2.24, 2.45) is 0 Å². The first-order valence-corrected chi connectivity index (χ1v) is 7.61. The average molecular weight is 334 g/mol. The Morgan fingerprint density at radius 1 is 1.26 bits per heavy atom. The summed E-state index contributed by atoms with van der Waals surface area (Å²) in [5.74, 6) is 0.813. The van der Waals surface area contributed by atoms with Gasteiger partial charge in [-0.3, -0.25) is 0 Å². The maximum Gasteiger partial charge on any atom is 0.137 e. The molecule has 3 nitrogen and oxygen atoms in total. The number of benzene rings is 1. The van der Waals surface area contributed by atoms with Gasteiger partial charge in [-0.1, -0.05) is 22.0 Å². The highest BCUT2D eigenvalue weighted by molar-refractivity contribution is 9.10. The van der Waals surface area contributed by atoms with E-state index in [1.165, 1.54) is 0 Å². The van der Waals surface area contributed by atoms with Crippen molar-refractivity contribution in [1.29, 1.82) is 0 Å². The number of fused-ring (bicyclic) bond motifs is 1. The van der Waals surface area contributed by atoms with Crippen molar-refractivity contribution in [2.45, 2.75) is 10.6 Å². The topological polar surface area (TPSA) is 43.3 Å². The second kappa shape index (κ2) is 5.27. The number of thioether (sulfide) groups is 1. The zero-order valence-electron chi connectivity index (χ0n) is 10.1. The van der Waals surface area contributed by atoms with Crippen LogP contribution in [0.15, 0.2) is 58.2 Å². The van der Waals surface area contributed by atoms with Crippen molar-refractivity contribution in [2.75, 3.05) is 5.73 Å². The molecule has 5 heteroatoms. The zero-order valence-corrected chi connectivity index (χ0v) is 12.5. The maximum absolute atomic E-state index is 5.98. The summed E-state index contributed by atoms with van der Waals surface area (Å²) in [4.78, 5) is 5.65. The fraction of sp³-hybridized carbons (Fsp3) is 0.0714. The number of imidazole rings is 1. The lowest BCUT2D eigenvalue weighted by Gasteiger charge is -2.04. The predicted octanol–water partition coefficient (Wildman–Crippen LogP) is 3.97. The van der Waals surface area contributed by atoms with Gasteiger partial charge < -0.3 is 10.1 Å². The van der Waals surface area contributed by atoms with Gasteiger partial charge in [-0.25, -0.2) is 4.98 Å². The van der Waals surface area contributed by atoms with Gasteiger partial charge in [0.1, 0.15) is 5.65 Å². The number of nitrogens with two attached hydrogens (primary N) is 1. The van der Waals surface area contributed by atoms with Gasteiger partial charge in [0.05, 0.1) is 5.69 Å². The summed E-state index contributed by atoms with van der Waals surface area (Å²) in [5, 5.41) is 0. The lowest BCUT2D eigenvalue weighted by atomic mass is 10.3. The van der Waals surface area contributed by atoms with E-state index in [0.29, 0.717) is 0 Å². The molecule has 0 bridgehead atoms. The number of anilines is 1. The summed E-state index contributed by atoms with van der Waals surface area (Å²) in [7, 11) is 0. The number of pyridine rings is 1. The Morgan fingerprint density at radius 3 is 2.95 bits per heavy atom. The molecule has 2 heterocycles. The maximum atomic E-state index is 5.98. The van der Waals surface area contributed by atoms with Gasteiger partial charge in [0.25, 0.3) is 0 Å². The quantitative estimate of drug-likeness (QED) is 0.582. The molecular formula is C14H12BrN3S. The summed E-state index contributed by atoms with van der Waals surface area (Å²) in [6.45, 7) is 0. The van der Waals surface area contributed by atoms with Crippen LogP contribution in [0.4, 0.5) is 5.69 Å². The minimum absolute atomic E-state index is 0.795. The molecule has 96 valence electrons. The number of nitrogens with zero attached hydrogens (tertiary/aromatic N) is 2. The van der Waals surface area contributed by atoms with E-state index >= 15 is 0 Å². The summed E-state index contributed by atoms with van der Waals surface area (Å²) < 4.78 is 3.03. The van der Waals surface area contributed by atoms with E-state index in [1.807, 2.05) is 47.0 Å². The fourth-order valence-electron chi connectivity index (χ4n) is 1.86. The molecular weight excluding hydrogens is 322 g/mol. The van der Waals surface area contributed by atoms with Gasteiger partial charge in [-0.05, 0) is 30.3 Å². The second-order valence-corrected chi connectivity index (χ2v) is 6.10. The highest BCUT2D eigenvalue weighted by Gasteiger charge is 2.04. The standard InChI is InChI=1S/C14H12BrN3S/c15-10-4-5-13(12(16)7-10)19-9-11-8-18-6-2-1-3-14(18)17-11/h1-8H,9,16H2. The molecule has 0 saturated carbocycles. The lowest BCUT2D eigenvalue weighted by molar-refractivity contribution is 1.18. The third-order valence-corrected chi connectivity index (χ3v) is 4.38. The van der Waals surface area contributed by atoms with Crippen LogP contribution < -0.4 is 5.73 Å². The first-order valence-electron chi connectivity index (χ1n) is 5.83. The van der Waals surface area contributed by atoms with E-state index in [-0.39, 0.29) is 0 Å². The molecule has 0 unspecified atom stereocenters. The van der Waals surface area contributed by atoms with Crippen LogP contribution in [0.3, 0.4) is 0 Å². The van der Waals surface area contributed by atoms with E-state index in [2.05, 4.69) is 27.1 Å². The summed E-state index contributed by atoms with van der Waals surface area (Å²) in [6, 6.07) is 11.9. The fourth-order valence-corrected chi connectivity index (χ4v) is 3.07. The monoisotopic (exact) mass is 333 g/mol. The van der Waals surface area contributed by atoms with E-state index in [4.69, 9.17) is 5.73 Å². The summed E-state index contributed by atoms with van der Waals surface area (Å²) >= 11 is 5.11. The van der Waals surface area contributed by atoms with Crippen LogP contribution in [0, 0.1) is 0 Å². The van der Waals surface area contributed by atoms with Gasteiger partial charge >= 0.3 is 0 Å². The number of hydrogen-bond acceptors (Lipinski definition) is 3. The second-order valence-electron chi connectivity index (χ2n) is 4.17. The molecule has 0 radical (unpaired) electrons. The smallest absolute Gasteiger partial charge is 0.137 e. The van der Waals surface area contributed by atoms with Gasteiger partial charge in [-0.2, -0.15) is 0 Å². The van der Waals surface area contributed by atoms with E-state index < -0.39 is 0 Å². The van der Waals surface area contributed by atoms with Crippen molar-refractivity contribution >= 4 is 39.0 Å². The Hall–Kier alpha value is -1.46. The molecule has 19 heavy (non-hydrogen) atoms. The Labute approximate surface area is 124 Å². The largest absolute Gasteiger partial charge is 0.398 e. The van der Waals surface area contributed by atoms with Gasteiger partial charge in [0.2, 0.25) is 0 Å². The molecule has 2 aromatic heterocycles. The van der Waals surface area contributed by atoms with Crippen LogP contribution in [-0.4, -0.2) is 9.38 Å². The molecule has 0 aliphatic heterocycles. The number of hydrogen-bond donors (Lipinski definition) is 1. The molecule has 3 aromatic rings. The third-order valence-electron chi connectivity index (χ3n) is 2.76. The SMILES string of the molecule is Nc1cc(Br)ccc1SCc1cn2ccccc2n1. The minimum atomic E-state index is 0.795. The Morgan fingerprint density at radius 2 is 2.16 bits per heavy atom. The van der Waals surface area contributed by atoms with E-state index in [0.717, 1.165) is 32.1 Å². The normalized spacial score (nSPS) is 11.0.